The van der Waals surface area contributed by atoms with Crippen LogP contribution < -0.4 is 0 Å². The third-order valence-electron chi connectivity index (χ3n) is 3.66. The molecule has 0 rings (SSSR count). The van der Waals surface area contributed by atoms with Gasteiger partial charge in [0.2, 0.25) is 0 Å². The minimum atomic E-state index is -0.335. The molecule has 0 bridgehead atoms. The summed E-state index contributed by atoms with van der Waals surface area (Å²) >= 11 is 0. The molecule has 0 aliphatic carbocycles. The molecule has 0 fully saturated rings. The fraction of sp³-hybridized carbons (Fsp3) is 0.941. The van der Waals surface area contributed by atoms with Crippen LogP contribution in [0.5, 0.6) is 0 Å². The maximum absolute atomic E-state index is 11.7. The largest absolute Gasteiger partial charge is 0.465 e. The van der Waals surface area contributed by atoms with Gasteiger partial charge in [-0.3, -0.25) is 4.79 Å². The third kappa shape index (κ3) is 12.5. The monoisotopic (exact) mass is 286 g/mol. The van der Waals surface area contributed by atoms with Crippen molar-refractivity contribution in [3.8, 4) is 0 Å². The molecule has 2 atom stereocenters. The summed E-state index contributed by atoms with van der Waals surface area (Å²) in [6.07, 6.45) is 11.0. The molecule has 0 saturated heterocycles. The Hall–Kier alpha value is -0.570. The van der Waals surface area contributed by atoms with Gasteiger partial charge in [0.05, 0.1) is 18.6 Å². The summed E-state index contributed by atoms with van der Waals surface area (Å²) < 4.78 is 5.26. The third-order valence-corrected chi connectivity index (χ3v) is 3.66. The van der Waals surface area contributed by atoms with Crippen LogP contribution in [0.1, 0.15) is 85.0 Å². The molecular weight excluding hydrogens is 252 g/mol. The van der Waals surface area contributed by atoms with Crippen molar-refractivity contribution >= 4 is 5.97 Å². The first-order chi connectivity index (χ1) is 9.57. The number of aliphatic hydroxyl groups excluding tert-OH is 1. The summed E-state index contributed by atoms with van der Waals surface area (Å²) in [5, 5.41) is 9.18. The van der Waals surface area contributed by atoms with E-state index in [1.165, 1.54) is 38.5 Å². The van der Waals surface area contributed by atoms with Crippen LogP contribution in [-0.2, 0) is 9.53 Å². The number of esters is 1. The van der Waals surface area contributed by atoms with Crippen LogP contribution in [0.15, 0.2) is 0 Å². The zero-order chi connectivity index (χ0) is 15.2. The van der Waals surface area contributed by atoms with Gasteiger partial charge in [0.1, 0.15) is 0 Å². The Morgan fingerprint density at radius 1 is 0.950 bits per heavy atom. The van der Waals surface area contributed by atoms with Crippen LogP contribution in [0.4, 0.5) is 0 Å². The van der Waals surface area contributed by atoms with E-state index in [0.29, 0.717) is 19.4 Å². The van der Waals surface area contributed by atoms with E-state index in [1.54, 1.807) is 6.92 Å². The minimum Gasteiger partial charge on any atom is -0.465 e. The van der Waals surface area contributed by atoms with Crippen molar-refractivity contribution < 1.29 is 14.6 Å². The number of carbonyl (C=O) groups is 1. The van der Waals surface area contributed by atoms with Gasteiger partial charge in [-0.05, 0) is 26.2 Å². The van der Waals surface area contributed by atoms with Crippen LogP contribution in [-0.4, -0.2) is 23.8 Å². The first kappa shape index (κ1) is 19.4. The molecule has 20 heavy (non-hydrogen) atoms. The lowest BCUT2D eigenvalue weighted by atomic mass is 10.0. The first-order valence-electron chi connectivity index (χ1n) is 8.42. The highest BCUT2D eigenvalue weighted by Gasteiger charge is 2.14. The van der Waals surface area contributed by atoms with Crippen molar-refractivity contribution in [2.75, 3.05) is 6.61 Å². The van der Waals surface area contributed by atoms with Crippen molar-refractivity contribution in [3.05, 3.63) is 0 Å². The number of aliphatic hydroxyl groups is 1. The molecule has 3 heteroatoms. The first-order valence-corrected chi connectivity index (χ1v) is 8.42. The molecule has 120 valence electrons. The van der Waals surface area contributed by atoms with E-state index in [4.69, 9.17) is 4.74 Å². The number of ether oxygens (including phenoxy) is 1. The second-order valence-electron chi connectivity index (χ2n) is 5.97. The van der Waals surface area contributed by atoms with Crippen LogP contribution in [0.25, 0.3) is 0 Å². The highest BCUT2D eigenvalue weighted by atomic mass is 16.5. The predicted molar refractivity (Wildman–Crippen MR) is 83.6 cm³/mol. The van der Waals surface area contributed by atoms with E-state index in [0.717, 1.165) is 12.8 Å². The number of hydrogen-bond donors (Lipinski definition) is 1. The highest BCUT2D eigenvalue weighted by Crippen LogP contribution is 2.11. The Bertz CT molecular complexity index is 226. The smallest absolute Gasteiger partial charge is 0.308 e. The Kier molecular flexibility index (Phi) is 13.0. The molecule has 0 aromatic heterocycles. The van der Waals surface area contributed by atoms with E-state index in [1.807, 2.05) is 6.92 Å². The summed E-state index contributed by atoms with van der Waals surface area (Å²) in [5.41, 5.74) is 0. The average Bonchev–Trinajstić information content (AvgIpc) is 2.42. The van der Waals surface area contributed by atoms with Crippen molar-refractivity contribution in [2.24, 2.45) is 5.92 Å². The van der Waals surface area contributed by atoms with Gasteiger partial charge in [0.25, 0.3) is 0 Å². The van der Waals surface area contributed by atoms with Gasteiger partial charge in [-0.15, -0.1) is 0 Å². The molecule has 2 unspecified atom stereocenters. The second-order valence-corrected chi connectivity index (χ2v) is 5.97. The maximum Gasteiger partial charge on any atom is 0.308 e. The quantitative estimate of drug-likeness (QED) is 0.401. The lowest BCUT2D eigenvalue weighted by molar-refractivity contribution is -0.148. The Morgan fingerprint density at radius 3 is 2.05 bits per heavy atom. The Morgan fingerprint density at radius 2 is 1.50 bits per heavy atom. The molecule has 0 amide bonds. The molecule has 0 aromatic carbocycles. The molecule has 0 radical (unpaired) electrons. The molecule has 1 N–H and O–H groups in total. The van der Waals surface area contributed by atoms with Crippen molar-refractivity contribution in [1.29, 1.82) is 0 Å². The van der Waals surface area contributed by atoms with Crippen molar-refractivity contribution in [3.63, 3.8) is 0 Å². The average molecular weight is 286 g/mol. The summed E-state index contributed by atoms with van der Waals surface area (Å²) in [6.45, 7) is 6.40. The molecule has 0 heterocycles. The summed E-state index contributed by atoms with van der Waals surface area (Å²) in [7, 11) is 0. The molecule has 0 saturated carbocycles. The lowest BCUT2D eigenvalue weighted by Crippen LogP contribution is -2.17. The predicted octanol–water partition coefficient (Wildman–Crippen LogP) is 4.47. The standard InChI is InChI=1S/C17H34O3/c1-4-5-6-7-8-9-10-11-14-20-17(19)15(2)12-13-16(3)18/h15-16,18H,4-14H2,1-3H3. The molecule has 0 aromatic rings. The lowest BCUT2D eigenvalue weighted by Gasteiger charge is -2.12. The van der Waals surface area contributed by atoms with E-state index in [9.17, 15) is 9.90 Å². The number of unbranched alkanes of at least 4 members (excludes halogenated alkanes) is 7. The van der Waals surface area contributed by atoms with Crippen LogP contribution in [0.3, 0.4) is 0 Å². The molecule has 0 aliphatic rings. The van der Waals surface area contributed by atoms with Crippen LogP contribution in [0.2, 0.25) is 0 Å². The SMILES string of the molecule is CCCCCCCCCCOC(=O)C(C)CCC(C)O. The molecular formula is C17H34O3. The number of hydrogen-bond acceptors (Lipinski definition) is 3. The molecule has 0 aliphatic heterocycles. The van der Waals surface area contributed by atoms with Crippen LogP contribution in [0, 0.1) is 5.92 Å². The fourth-order valence-electron chi connectivity index (χ4n) is 2.16. The van der Waals surface area contributed by atoms with Gasteiger partial charge in [0, 0.05) is 0 Å². The minimum absolute atomic E-state index is 0.0985. The van der Waals surface area contributed by atoms with Crippen molar-refractivity contribution in [1.82, 2.24) is 0 Å². The molecule has 0 spiro atoms. The number of rotatable bonds is 13. The van der Waals surface area contributed by atoms with E-state index >= 15 is 0 Å². The Balaban J connectivity index is 3.34. The van der Waals surface area contributed by atoms with Gasteiger partial charge in [-0.25, -0.2) is 0 Å². The van der Waals surface area contributed by atoms with E-state index in [2.05, 4.69) is 6.92 Å². The molecule has 3 nitrogen and oxygen atoms in total. The number of carbonyl (C=O) groups excluding carboxylic acids is 1. The van der Waals surface area contributed by atoms with E-state index in [-0.39, 0.29) is 18.0 Å². The zero-order valence-electron chi connectivity index (χ0n) is 13.7. The Labute approximate surface area is 125 Å². The zero-order valence-corrected chi connectivity index (χ0v) is 13.7. The van der Waals surface area contributed by atoms with Gasteiger partial charge in [-0.1, -0.05) is 58.8 Å². The van der Waals surface area contributed by atoms with Gasteiger partial charge < -0.3 is 9.84 Å². The normalized spacial score (nSPS) is 14.0. The summed E-state index contributed by atoms with van der Waals surface area (Å²) in [6, 6.07) is 0. The van der Waals surface area contributed by atoms with Gasteiger partial charge >= 0.3 is 5.97 Å². The fourth-order valence-corrected chi connectivity index (χ4v) is 2.16. The summed E-state index contributed by atoms with van der Waals surface area (Å²) in [5.74, 6) is -0.216. The second kappa shape index (κ2) is 13.4. The van der Waals surface area contributed by atoms with Gasteiger partial charge in [0.15, 0.2) is 0 Å². The topological polar surface area (TPSA) is 46.5 Å². The van der Waals surface area contributed by atoms with E-state index < -0.39 is 0 Å². The maximum atomic E-state index is 11.7. The summed E-state index contributed by atoms with van der Waals surface area (Å²) in [4.78, 5) is 11.7. The van der Waals surface area contributed by atoms with Crippen LogP contribution >= 0.6 is 0 Å². The highest BCUT2D eigenvalue weighted by molar-refractivity contribution is 5.71. The van der Waals surface area contributed by atoms with Crippen molar-refractivity contribution in [2.45, 2.75) is 91.1 Å². The van der Waals surface area contributed by atoms with Gasteiger partial charge in [-0.2, -0.15) is 0 Å².